The lowest BCUT2D eigenvalue weighted by molar-refractivity contribution is 0.0518. The summed E-state index contributed by atoms with van der Waals surface area (Å²) in [6, 6.07) is 0. The third-order valence-corrected chi connectivity index (χ3v) is 7.93. The first kappa shape index (κ1) is 45.8. The molecule has 0 aliphatic carbocycles. The van der Waals surface area contributed by atoms with E-state index in [9.17, 15) is 14.4 Å². The number of carbonyl (C=O) groups is 3. The summed E-state index contributed by atoms with van der Waals surface area (Å²) in [7, 11) is 0. The highest BCUT2D eigenvalue weighted by Crippen LogP contribution is 2.10. The van der Waals surface area contributed by atoms with Crippen LogP contribution in [0.5, 0.6) is 0 Å². The fraction of sp³-hybridized carbons (Fsp3) is 0.921. The summed E-state index contributed by atoms with van der Waals surface area (Å²) in [6.07, 6.45) is 21.3. The maximum absolute atomic E-state index is 12.0. The van der Waals surface area contributed by atoms with Crippen LogP contribution in [-0.2, 0) is 23.7 Å². The summed E-state index contributed by atoms with van der Waals surface area (Å²) < 4.78 is 26.2. The molecule has 0 aliphatic rings. The Balaban J connectivity index is 4.15. The third kappa shape index (κ3) is 35.1. The number of carbonyl (C=O) groups excluding carboxylic acids is 3. The molecular weight excluding hydrogens is 612 g/mol. The zero-order valence-corrected chi connectivity index (χ0v) is 31.7. The smallest absolute Gasteiger partial charge is 0.444 e. The quantitative estimate of drug-likeness (QED) is 0.0419. The molecule has 0 aliphatic heterocycles. The number of ether oxygens (including phenoxy) is 5. The standard InChI is InChI=1S/C38H74N2O8/c1-6-8-10-12-14-16-22-31-44-36(42)46-33-24-18-20-28-40(30-26-27-39-35(41)48-38(3,4)5)29-21-19-25-34-47-37(43)45-32-23-17-15-13-11-9-7-2/h6-34H2,1-5H3,(H,39,41). The molecule has 0 rings (SSSR count). The highest BCUT2D eigenvalue weighted by atomic mass is 16.7. The van der Waals surface area contributed by atoms with Crippen molar-refractivity contribution in [3.63, 3.8) is 0 Å². The molecule has 0 heterocycles. The normalized spacial score (nSPS) is 11.4. The number of unbranched alkanes of at least 4 members (excludes halogenated alkanes) is 16. The average molecular weight is 687 g/mol. The van der Waals surface area contributed by atoms with E-state index in [4.69, 9.17) is 23.7 Å². The van der Waals surface area contributed by atoms with Crippen LogP contribution in [0.2, 0.25) is 0 Å². The SMILES string of the molecule is CCCCCCCCCOC(=O)OCCCCCN(CCCCCOC(=O)OCCCCCCCCC)CCCNC(=O)OC(C)(C)C. The van der Waals surface area contributed by atoms with Gasteiger partial charge in [-0.1, -0.05) is 90.9 Å². The van der Waals surface area contributed by atoms with Crippen LogP contribution in [-0.4, -0.2) is 81.5 Å². The minimum atomic E-state index is -0.564. The van der Waals surface area contributed by atoms with Crippen molar-refractivity contribution < 1.29 is 38.1 Å². The summed E-state index contributed by atoms with van der Waals surface area (Å²) in [5, 5.41) is 2.84. The summed E-state index contributed by atoms with van der Waals surface area (Å²) in [5.74, 6) is 0. The van der Waals surface area contributed by atoms with E-state index in [1.54, 1.807) is 0 Å². The van der Waals surface area contributed by atoms with E-state index >= 15 is 0 Å². The zero-order chi connectivity index (χ0) is 35.6. The Hall–Kier alpha value is -2.23. The topological polar surface area (TPSA) is 113 Å². The van der Waals surface area contributed by atoms with Gasteiger partial charge in [-0.05, 0) is 98.2 Å². The molecule has 10 nitrogen and oxygen atoms in total. The van der Waals surface area contributed by atoms with Gasteiger partial charge < -0.3 is 33.9 Å². The van der Waals surface area contributed by atoms with Gasteiger partial charge in [-0.2, -0.15) is 0 Å². The molecule has 284 valence electrons. The minimum absolute atomic E-state index is 0.372. The van der Waals surface area contributed by atoms with Crippen molar-refractivity contribution >= 4 is 18.4 Å². The highest BCUT2D eigenvalue weighted by Gasteiger charge is 2.15. The van der Waals surface area contributed by atoms with E-state index in [2.05, 4.69) is 24.1 Å². The van der Waals surface area contributed by atoms with E-state index in [1.807, 2.05) is 20.8 Å². The highest BCUT2D eigenvalue weighted by molar-refractivity contribution is 5.67. The molecule has 1 N–H and O–H groups in total. The van der Waals surface area contributed by atoms with E-state index in [0.29, 0.717) is 33.0 Å². The van der Waals surface area contributed by atoms with Crippen LogP contribution >= 0.6 is 0 Å². The van der Waals surface area contributed by atoms with Crippen LogP contribution in [0.4, 0.5) is 14.4 Å². The number of hydrogen-bond acceptors (Lipinski definition) is 9. The van der Waals surface area contributed by atoms with E-state index in [1.165, 1.54) is 64.2 Å². The largest absolute Gasteiger partial charge is 0.508 e. The van der Waals surface area contributed by atoms with Crippen LogP contribution in [0.3, 0.4) is 0 Å². The first-order valence-electron chi connectivity index (χ1n) is 19.5. The number of rotatable bonds is 32. The minimum Gasteiger partial charge on any atom is -0.444 e. The van der Waals surface area contributed by atoms with Crippen molar-refractivity contribution in [1.82, 2.24) is 10.2 Å². The van der Waals surface area contributed by atoms with Crippen LogP contribution in [0.1, 0.15) is 169 Å². The summed E-state index contributed by atoms with van der Waals surface area (Å²) in [6.45, 7) is 14.9. The van der Waals surface area contributed by atoms with Gasteiger partial charge in [-0.3, -0.25) is 0 Å². The average Bonchev–Trinajstić information content (AvgIpc) is 3.03. The van der Waals surface area contributed by atoms with Gasteiger partial charge in [0.2, 0.25) is 0 Å². The maximum Gasteiger partial charge on any atom is 0.508 e. The van der Waals surface area contributed by atoms with Crippen LogP contribution in [0, 0.1) is 0 Å². The van der Waals surface area contributed by atoms with E-state index in [0.717, 1.165) is 90.3 Å². The Morgan fingerprint density at radius 3 is 1.19 bits per heavy atom. The molecule has 10 heteroatoms. The van der Waals surface area contributed by atoms with Crippen molar-refractivity contribution in [1.29, 1.82) is 0 Å². The van der Waals surface area contributed by atoms with Gasteiger partial charge in [0, 0.05) is 6.54 Å². The molecule has 0 spiro atoms. The molecule has 0 radical (unpaired) electrons. The molecule has 0 bridgehead atoms. The van der Waals surface area contributed by atoms with Gasteiger partial charge in [-0.15, -0.1) is 0 Å². The van der Waals surface area contributed by atoms with Crippen LogP contribution in [0.15, 0.2) is 0 Å². The first-order valence-corrected chi connectivity index (χ1v) is 19.5. The predicted octanol–water partition coefficient (Wildman–Crippen LogP) is 10.4. The molecule has 0 saturated carbocycles. The van der Waals surface area contributed by atoms with E-state index in [-0.39, 0.29) is 0 Å². The van der Waals surface area contributed by atoms with Gasteiger partial charge in [0.05, 0.1) is 26.4 Å². The second-order valence-corrected chi connectivity index (χ2v) is 13.9. The fourth-order valence-electron chi connectivity index (χ4n) is 5.19. The summed E-state index contributed by atoms with van der Waals surface area (Å²) in [4.78, 5) is 38.1. The molecule has 0 unspecified atom stereocenters. The molecule has 48 heavy (non-hydrogen) atoms. The molecule has 0 aromatic rings. The summed E-state index contributed by atoms with van der Waals surface area (Å²) >= 11 is 0. The Morgan fingerprint density at radius 2 is 0.812 bits per heavy atom. The first-order chi connectivity index (χ1) is 23.2. The van der Waals surface area contributed by atoms with Gasteiger partial charge in [0.1, 0.15) is 5.60 Å². The number of nitrogens with zero attached hydrogens (tertiary/aromatic N) is 1. The lowest BCUT2D eigenvalue weighted by atomic mass is 10.1. The number of nitrogens with one attached hydrogen (secondary N) is 1. The Kier molecular flexibility index (Phi) is 31.7. The summed E-state index contributed by atoms with van der Waals surface area (Å²) in [5.41, 5.74) is -0.516. The Bertz CT molecular complexity index is 715. The van der Waals surface area contributed by atoms with E-state index < -0.39 is 24.0 Å². The second-order valence-electron chi connectivity index (χ2n) is 13.9. The van der Waals surface area contributed by atoms with Gasteiger partial charge in [0.25, 0.3) is 0 Å². The lowest BCUT2D eigenvalue weighted by Gasteiger charge is -2.23. The number of amides is 1. The molecule has 0 aromatic heterocycles. The molecule has 0 saturated heterocycles. The Morgan fingerprint density at radius 1 is 0.479 bits per heavy atom. The Labute approximate surface area is 294 Å². The van der Waals surface area contributed by atoms with Crippen molar-refractivity contribution in [2.75, 3.05) is 52.6 Å². The molecule has 0 fully saturated rings. The van der Waals surface area contributed by atoms with Crippen molar-refractivity contribution in [3.05, 3.63) is 0 Å². The lowest BCUT2D eigenvalue weighted by Crippen LogP contribution is -2.35. The number of alkyl carbamates (subject to hydrolysis) is 1. The third-order valence-electron chi connectivity index (χ3n) is 7.93. The number of hydrogen-bond donors (Lipinski definition) is 1. The molecule has 0 aromatic carbocycles. The van der Waals surface area contributed by atoms with Gasteiger partial charge in [0.15, 0.2) is 0 Å². The predicted molar refractivity (Wildman–Crippen MR) is 194 cm³/mol. The van der Waals surface area contributed by atoms with Gasteiger partial charge >= 0.3 is 18.4 Å². The molecular formula is C38H74N2O8. The van der Waals surface area contributed by atoms with Crippen molar-refractivity contribution in [2.45, 2.75) is 175 Å². The van der Waals surface area contributed by atoms with Crippen LogP contribution in [0.25, 0.3) is 0 Å². The monoisotopic (exact) mass is 687 g/mol. The van der Waals surface area contributed by atoms with Gasteiger partial charge in [-0.25, -0.2) is 14.4 Å². The fourth-order valence-corrected chi connectivity index (χ4v) is 5.19. The molecule has 1 amide bonds. The maximum atomic E-state index is 12.0. The van der Waals surface area contributed by atoms with Crippen molar-refractivity contribution in [3.8, 4) is 0 Å². The van der Waals surface area contributed by atoms with Crippen molar-refractivity contribution in [2.24, 2.45) is 0 Å². The molecule has 0 atom stereocenters. The second kappa shape index (κ2) is 33.3. The van der Waals surface area contributed by atoms with Crippen LogP contribution < -0.4 is 5.32 Å². The zero-order valence-electron chi connectivity index (χ0n) is 31.7.